The average molecular weight is 638 g/mol. The van der Waals surface area contributed by atoms with Crippen LogP contribution in [0.15, 0.2) is 168 Å². The molecule has 0 aliphatic carbocycles. The summed E-state index contributed by atoms with van der Waals surface area (Å²) in [6.45, 7) is 0. The fraction of sp³-hybridized carbons (Fsp3) is 0. The summed E-state index contributed by atoms with van der Waals surface area (Å²) in [4.78, 5) is 10.5. The maximum atomic E-state index is 6.15. The minimum absolute atomic E-state index is 0.675. The topological polar surface area (TPSA) is 43.9 Å². The molecular formula is C46H27N3O. The van der Waals surface area contributed by atoms with Crippen LogP contribution in [0.25, 0.3) is 105 Å². The smallest absolute Gasteiger partial charge is 0.162 e. The van der Waals surface area contributed by atoms with E-state index in [4.69, 9.17) is 14.4 Å². The lowest BCUT2D eigenvalue weighted by Gasteiger charge is -2.13. The Morgan fingerprint density at radius 1 is 0.380 bits per heavy atom. The molecule has 0 amide bonds. The highest BCUT2D eigenvalue weighted by Gasteiger charge is 2.20. The number of rotatable bonds is 3. The molecule has 0 bridgehead atoms. The summed E-state index contributed by atoms with van der Waals surface area (Å²) in [6.07, 6.45) is 0. The minimum Gasteiger partial charge on any atom is -0.456 e. The molecule has 50 heavy (non-hydrogen) atoms. The second-order valence-electron chi connectivity index (χ2n) is 13.0. The Morgan fingerprint density at radius 3 is 1.88 bits per heavy atom. The predicted molar refractivity (Wildman–Crippen MR) is 207 cm³/mol. The van der Waals surface area contributed by atoms with Crippen molar-refractivity contribution in [3.63, 3.8) is 0 Å². The fourth-order valence-electron chi connectivity index (χ4n) is 7.71. The SMILES string of the molecule is c1ccc2cc(-c3ccc4c(c3)c3cc5ccccc5cc3n4-c3nc(-c4ccc5oc6ccccc6c5c4)nc4ccccc34)ccc2c1. The summed E-state index contributed by atoms with van der Waals surface area (Å²) >= 11 is 0. The number of benzene rings is 8. The van der Waals surface area contributed by atoms with Crippen LogP contribution in [0.2, 0.25) is 0 Å². The zero-order valence-electron chi connectivity index (χ0n) is 26.8. The summed E-state index contributed by atoms with van der Waals surface area (Å²) in [5, 5.41) is 10.4. The third-order valence-electron chi connectivity index (χ3n) is 10.1. The highest BCUT2D eigenvalue weighted by molar-refractivity contribution is 6.15. The Labute approximate surface area is 286 Å². The summed E-state index contributed by atoms with van der Waals surface area (Å²) in [5.74, 6) is 1.53. The van der Waals surface area contributed by atoms with E-state index in [-0.39, 0.29) is 0 Å². The van der Waals surface area contributed by atoms with E-state index < -0.39 is 0 Å². The zero-order valence-corrected chi connectivity index (χ0v) is 26.8. The van der Waals surface area contributed by atoms with Crippen LogP contribution < -0.4 is 0 Å². The van der Waals surface area contributed by atoms with Crippen LogP contribution in [0.3, 0.4) is 0 Å². The van der Waals surface area contributed by atoms with E-state index >= 15 is 0 Å². The van der Waals surface area contributed by atoms with E-state index in [0.717, 1.165) is 55.3 Å². The lowest BCUT2D eigenvalue weighted by atomic mass is 9.99. The molecule has 3 aromatic heterocycles. The molecule has 11 aromatic rings. The van der Waals surface area contributed by atoms with Crippen molar-refractivity contribution in [3.05, 3.63) is 164 Å². The maximum absolute atomic E-state index is 6.15. The van der Waals surface area contributed by atoms with Crippen molar-refractivity contribution < 1.29 is 4.42 Å². The number of para-hydroxylation sites is 2. The van der Waals surface area contributed by atoms with Gasteiger partial charge < -0.3 is 4.42 Å². The van der Waals surface area contributed by atoms with E-state index in [9.17, 15) is 0 Å². The van der Waals surface area contributed by atoms with E-state index in [1.807, 2.05) is 30.3 Å². The Balaban J connectivity index is 1.20. The number of hydrogen-bond donors (Lipinski definition) is 0. The molecule has 4 nitrogen and oxygen atoms in total. The first-order valence-electron chi connectivity index (χ1n) is 16.9. The quantitative estimate of drug-likeness (QED) is 0.194. The largest absolute Gasteiger partial charge is 0.456 e. The summed E-state index contributed by atoms with van der Waals surface area (Å²) in [7, 11) is 0. The number of furan rings is 1. The first-order chi connectivity index (χ1) is 24.7. The van der Waals surface area contributed by atoms with Crippen molar-refractivity contribution in [2.24, 2.45) is 0 Å². The second-order valence-corrected chi connectivity index (χ2v) is 13.0. The first kappa shape index (κ1) is 27.2. The van der Waals surface area contributed by atoms with Gasteiger partial charge in [-0.2, -0.15) is 0 Å². The Bertz CT molecular complexity index is 3170. The summed E-state index contributed by atoms with van der Waals surface area (Å²) in [5.41, 5.74) is 8.17. The van der Waals surface area contributed by atoms with Crippen LogP contribution in [-0.2, 0) is 0 Å². The molecule has 0 aliphatic heterocycles. The molecule has 0 fully saturated rings. The Kier molecular flexibility index (Phi) is 5.63. The summed E-state index contributed by atoms with van der Waals surface area (Å²) < 4.78 is 8.48. The van der Waals surface area contributed by atoms with Crippen molar-refractivity contribution >= 4 is 76.2 Å². The van der Waals surface area contributed by atoms with Crippen LogP contribution in [0.4, 0.5) is 0 Å². The van der Waals surface area contributed by atoms with Crippen LogP contribution in [-0.4, -0.2) is 14.5 Å². The fourth-order valence-corrected chi connectivity index (χ4v) is 7.71. The van der Waals surface area contributed by atoms with Gasteiger partial charge >= 0.3 is 0 Å². The van der Waals surface area contributed by atoms with Gasteiger partial charge in [-0.15, -0.1) is 0 Å². The third kappa shape index (κ3) is 4.06. The van der Waals surface area contributed by atoms with Crippen molar-refractivity contribution in [2.45, 2.75) is 0 Å². The van der Waals surface area contributed by atoms with E-state index in [0.29, 0.717) is 5.82 Å². The van der Waals surface area contributed by atoms with Gasteiger partial charge in [0.15, 0.2) is 5.82 Å². The van der Waals surface area contributed by atoms with Crippen LogP contribution in [0, 0.1) is 0 Å². The predicted octanol–water partition coefficient (Wildman–Crippen LogP) is 12.3. The first-order valence-corrected chi connectivity index (χ1v) is 16.9. The van der Waals surface area contributed by atoms with Crippen LogP contribution in [0.1, 0.15) is 0 Å². The van der Waals surface area contributed by atoms with Gasteiger partial charge in [0.1, 0.15) is 17.0 Å². The molecule has 0 unspecified atom stereocenters. The number of aromatic nitrogens is 3. The van der Waals surface area contributed by atoms with Gasteiger partial charge in [0.05, 0.1) is 16.6 Å². The molecule has 8 aromatic carbocycles. The van der Waals surface area contributed by atoms with Crippen molar-refractivity contribution in [1.82, 2.24) is 14.5 Å². The van der Waals surface area contributed by atoms with Gasteiger partial charge in [-0.25, -0.2) is 9.97 Å². The average Bonchev–Trinajstić information content (AvgIpc) is 3.70. The normalized spacial score (nSPS) is 12.0. The Hall–Kier alpha value is -6.78. The van der Waals surface area contributed by atoms with E-state index in [1.165, 1.54) is 43.4 Å². The van der Waals surface area contributed by atoms with Crippen molar-refractivity contribution in [1.29, 1.82) is 0 Å². The van der Waals surface area contributed by atoms with E-state index in [1.54, 1.807) is 0 Å². The molecule has 0 saturated carbocycles. The van der Waals surface area contributed by atoms with Gasteiger partial charge in [0, 0.05) is 32.5 Å². The van der Waals surface area contributed by atoms with E-state index in [2.05, 4.69) is 138 Å². The van der Waals surface area contributed by atoms with Crippen LogP contribution >= 0.6 is 0 Å². The molecule has 0 N–H and O–H groups in total. The number of fused-ring (bicyclic) bond motifs is 9. The third-order valence-corrected chi connectivity index (χ3v) is 10.1. The van der Waals surface area contributed by atoms with Gasteiger partial charge in [-0.05, 0) is 99.4 Å². The second kappa shape index (κ2) is 10.4. The zero-order chi connectivity index (χ0) is 32.8. The standard InChI is InChI=1S/C46H27N3O/c1-2-10-29-23-32(18-17-28(29)9-1)33-19-21-41-37(25-33)38-24-30-11-3-4-12-31(30)27-42(38)49(41)46-36-14-5-7-15-40(36)47-45(48-46)34-20-22-44-39(26-34)35-13-6-8-16-43(35)50-44/h1-27H. The lowest BCUT2D eigenvalue weighted by molar-refractivity contribution is 0.669. The number of nitrogens with zero attached hydrogens (tertiary/aromatic N) is 3. The van der Waals surface area contributed by atoms with Crippen LogP contribution in [0.5, 0.6) is 0 Å². The van der Waals surface area contributed by atoms with Gasteiger partial charge in [0.25, 0.3) is 0 Å². The highest BCUT2D eigenvalue weighted by atomic mass is 16.3. The molecule has 0 atom stereocenters. The van der Waals surface area contributed by atoms with Gasteiger partial charge in [-0.1, -0.05) is 97.1 Å². The molecule has 11 rings (SSSR count). The van der Waals surface area contributed by atoms with Crippen molar-refractivity contribution in [2.75, 3.05) is 0 Å². The maximum Gasteiger partial charge on any atom is 0.162 e. The molecule has 0 radical (unpaired) electrons. The molecule has 3 heterocycles. The molecule has 4 heteroatoms. The van der Waals surface area contributed by atoms with Gasteiger partial charge in [-0.3, -0.25) is 4.57 Å². The monoisotopic (exact) mass is 637 g/mol. The highest BCUT2D eigenvalue weighted by Crippen LogP contribution is 2.39. The lowest BCUT2D eigenvalue weighted by Crippen LogP contribution is -2.02. The van der Waals surface area contributed by atoms with Gasteiger partial charge in [0.2, 0.25) is 0 Å². The number of hydrogen-bond acceptors (Lipinski definition) is 3. The minimum atomic E-state index is 0.675. The molecule has 232 valence electrons. The molecule has 0 saturated heterocycles. The molecule has 0 aliphatic rings. The molecular weight excluding hydrogens is 611 g/mol. The van der Waals surface area contributed by atoms with Crippen molar-refractivity contribution in [3.8, 4) is 28.3 Å². The summed E-state index contributed by atoms with van der Waals surface area (Å²) in [6, 6.07) is 58.1. The molecule has 0 spiro atoms. The Morgan fingerprint density at radius 2 is 1.00 bits per heavy atom.